The van der Waals surface area contributed by atoms with E-state index < -0.39 is 5.92 Å². The summed E-state index contributed by atoms with van der Waals surface area (Å²) in [5.41, 5.74) is 1.21. The van der Waals surface area contributed by atoms with Gasteiger partial charge in [-0.1, -0.05) is 11.2 Å². The van der Waals surface area contributed by atoms with Gasteiger partial charge in [0.1, 0.15) is 18.1 Å². The summed E-state index contributed by atoms with van der Waals surface area (Å²) >= 11 is 1.44. The molecular formula is C25H30N4O5S. The number of piperidine rings is 2. The van der Waals surface area contributed by atoms with Gasteiger partial charge in [-0.25, -0.2) is 4.31 Å². The molecular weight excluding hydrogens is 468 g/mol. The lowest BCUT2D eigenvalue weighted by atomic mass is 9.91. The van der Waals surface area contributed by atoms with Gasteiger partial charge in [0.05, 0.1) is 30.6 Å². The van der Waals surface area contributed by atoms with Crippen LogP contribution in [0.4, 0.5) is 0 Å². The van der Waals surface area contributed by atoms with E-state index >= 15 is 0 Å². The van der Waals surface area contributed by atoms with Gasteiger partial charge in [-0.2, -0.15) is 0 Å². The average molecular weight is 499 g/mol. The molecule has 2 aliphatic heterocycles. The van der Waals surface area contributed by atoms with E-state index in [4.69, 9.17) is 13.4 Å². The van der Waals surface area contributed by atoms with Crippen LogP contribution in [0.25, 0.3) is 21.7 Å². The molecule has 3 heterocycles. The fourth-order valence-corrected chi connectivity index (χ4v) is 5.58. The number of imide groups is 1. The molecule has 0 bridgehead atoms. The van der Waals surface area contributed by atoms with Crippen molar-refractivity contribution in [2.45, 2.75) is 37.6 Å². The highest BCUT2D eigenvalue weighted by Crippen LogP contribution is 2.36. The van der Waals surface area contributed by atoms with Gasteiger partial charge in [0.25, 0.3) is 0 Å². The standard InChI is InChI=1S/C25H30N4O5S/c1-28(17-9-11-29(12-10-17)35-32-2)13-14-33-18-4-5-19-16(15-18)3-7-21-23(19)24(27-34-21)20-6-8-22(30)26-25(20)31/h3-5,7,15,17,20H,6,8-14H2,1-2H3,(H,26,30,31). The number of benzene rings is 2. The van der Waals surface area contributed by atoms with E-state index in [0.717, 1.165) is 54.4 Å². The summed E-state index contributed by atoms with van der Waals surface area (Å²) in [6.07, 6.45) is 2.97. The molecule has 0 saturated carbocycles. The van der Waals surface area contributed by atoms with Crippen molar-refractivity contribution in [3.8, 4) is 5.75 Å². The third-order valence-electron chi connectivity index (χ3n) is 6.96. The van der Waals surface area contributed by atoms with E-state index in [1.165, 1.54) is 12.2 Å². The number of aromatic nitrogens is 1. The summed E-state index contributed by atoms with van der Waals surface area (Å²) in [4.78, 5) is 26.4. The molecule has 1 atom stereocenters. The van der Waals surface area contributed by atoms with E-state index in [9.17, 15) is 9.59 Å². The largest absolute Gasteiger partial charge is 0.492 e. The number of hydrogen-bond donors (Lipinski definition) is 1. The van der Waals surface area contributed by atoms with Crippen LogP contribution in [0.1, 0.15) is 37.3 Å². The van der Waals surface area contributed by atoms with Gasteiger partial charge in [0, 0.05) is 32.1 Å². The van der Waals surface area contributed by atoms with Gasteiger partial charge in [-0.05, 0) is 61.3 Å². The van der Waals surface area contributed by atoms with Crippen molar-refractivity contribution in [2.24, 2.45) is 0 Å². The minimum Gasteiger partial charge on any atom is -0.492 e. The molecule has 0 aliphatic carbocycles. The summed E-state index contributed by atoms with van der Waals surface area (Å²) in [5, 5.41) is 9.37. The van der Waals surface area contributed by atoms with Crippen LogP contribution in [-0.4, -0.2) is 72.6 Å². The first-order chi connectivity index (χ1) is 17.0. The smallest absolute Gasteiger partial charge is 0.235 e. The van der Waals surface area contributed by atoms with Crippen molar-refractivity contribution in [3.63, 3.8) is 0 Å². The Labute approximate surface area is 208 Å². The Bertz CT molecular complexity index is 1220. The molecule has 0 radical (unpaired) electrons. The number of nitrogens with zero attached hydrogens (tertiary/aromatic N) is 3. The third-order valence-corrected chi connectivity index (χ3v) is 7.69. The topological polar surface area (TPSA) is 97.1 Å². The number of hydrogen-bond acceptors (Lipinski definition) is 9. The van der Waals surface area contributed by atoms with E-state index in [1.54, 1.807) is 7.11 Å². The number of amides is 2. The zero-order chi connectivity index (χ0) is 24.4. The number of ether oxygens (including phenoxy) is 1. The predicted molar refractivity (Wildman–Crippen MR) is 134 cm³/mol. The molecule has 3 aromatic rings. The van der Waals surface area contributed by atoms with Crippen LogP contribution in [0.3, 0.4) is 0 Å². The molecule has 1 N–H and O–H groups in total. The molecule has 2 fully saturated rings. The van der Waals surface area contributed by atoms with Crippen molar-refractivity contribution < 1.29 is 23.0 Å². The highest BCUT2D eigenvalue weighted by molar-refractivity contribution is 7.92. The molecule has 35 heavy (non-hydrogen) atoms. The van der Waals surface area contributed by atoms with Crippen molar-refractivity contribution >= 4 is 45.8 Å². The first kappa shape index (κ1) is 24.1. The Morgan fingerprint density at radius 1 is 1.20 bits per heavy atom. The number of carbonyl (C=O) groups excluding carboxylic acids is 2. The molecule has 2 saturated heterocycles. The zero-order valence-corrected chi connectivity index (χ0v) is 20.8. The highest BCUT2D eigenvalue weighted by Gasteiger charge is 2.32. The molecule has 0 spiro atoms. The third kappa shape index (κ3) is 5.16. The van der Waals surface area contributed by atoms with Gasteiger partial charge < -0.3 is 13.4 Å². The first-order valence-electron chi connectivity index (χ1n) is 12.0. The Balaban J connectivity index is 1.25. The van der Waals surface area contributed by atoms with Crippen molar-refractivity contribution in [3.05, 3.63) is 36.0 Å². The van der Waals surface area contributed by atoms with Gasteiger partial charge in [0.2, 0.25) is 11.8 Å². The number of fused-ring (bicyclic) bond motifs is 3. The Morgan fingerprint density at radius 2 is 2.03 bits per heavy atom. The highest BCUT2D eigenvalue weighted by atomic mass is 32.2. The lowest BCUT2D eigenvalue weighted by Gasteiger charge is -2.35. The van der Waals surface area contributed by atoms with E-state index in [1.807, 2.05) is 30.3 Å². The Hall–Kier alpha value is -2.66. The van der Waals surface area contributed by atoms with Crippen LogP contribution in [0, 0.1) is 0 Å². The van der Waals surface area contributed by atoms with E-state index in [-0.39, 0.29) is 11.8 Å². The van der Waals surface area contributed by atoms with Crippen LogP contribution < -0.4 is 10.1 Å². The fraction of sp³-hybridized carbons (Fsp3) is 0.480. The van der Waals surface area contributed by atoms with Crippen LogP contribution in [0.2, 0.25) is 0 Å². The quantitative estimate of drug-likeness (QED) is 0.284. The number of rotatable bonds is 8. The lowest BCUT2D eigenvalue weighted by Crippen LogP contribution is -2.42. The summed E-state index contributed by atoms with van der Waals surface area (Å²) in [6, 6.07) is 10.3. The predicted octanol–water partition coefficient (Wildman–Crippen LogP) is 3.49. The fourth-order valence-electron chi connectivity index (χ4n) is 5.01. The molecule has 186 valence electrons. The van der Waals surface area contributed by atoms with Gasteiger partial charge in [-0.15, -0.1) is 0 Å². The van der Waals surface area contributed by atoms with Crippen molar-refractivity contribution in [2.75, 3.05) is 40.4 Å². The van der Waals surface area contributed by atoms with Crippen molar-refractivity contribution in [1.82, 2.24) is 19.7 Å². The molecule has 10 heteroatoms. The summed E-state index contributed by atoms with van der Waals surface area (Å²) in [7, 11) is 3.87. The number of carbonyl (C=O) groups is 2. The number of nitrogens with one attached hydrogen (secondary N) is 1. The van der Waals surface area contributed by atoms with E-state index in [0.29, 0.717) is 36.8 Å². The summed E-state index contributed by atoms with van der Waals surface area (Å²) in [6.45, 7) is 3.50. The van der Waals surface area contributed by atoms with E-state index in [2.05, 4.69) is 26.7 Å². The Morgan fingerprint density at radius 3 is 2.80 bits per heavy atom. The van der Waals surface area contributed by atoms with Crippen molar-refractivity contribution in [1.29, 1.82) is 0 Å². The molecule has 2 aromatic carbocycles. The molecule has 1 unspecified atom stereocenters. The molecule has 2 amide bonds. The Kier molecular flexibility index (Phi) is 7.24. The molecule has 1 aromatic heterocycles. The molecule has 2 aliphatic rings. The molecule has 9 nitrogen and oxygen atoms in total. The molecule has 5 rings (SSSR count). The normalized spacial score (nSPS) is 20.1. The van der Waals surface area contributed by atoms with Crippen LogP contribution in [0.15, 0.2) is 34.9 Å². The minimum absolute atomic E-state index is 0.244. The maximum Gasteiger partial charge on any atom is 0.235 e. The monoisotopic (exact) mass is 498 g/mol. The van der Waals surface area contributed by atoms with Crippen LogP contribution in [-0.2, 0) is 13.8 Å². The van der Waals surface area contributed by atoms with Gasteiger partial charge in [0.15, 0.2) is 5.58 Å². The second-order valence-electron chi connectivity index (χ2n) is 9.12. The maximum absolute atomic E-state index is 12.4. The maximum atomic E-state index is 12.4. The zero-order valence-electron chi connectivity index (χ0n) is 20.0. The first-order valence-corrected chi connectivity index (χ1v) is 12.7. The lowest BCUT2D eigenvalue weighted by molar-refractivity contribution is -0.134. The second kappa shape index (κ2) is 10.5. The van der Waals surface area contributed by atoms with Gasteiger partial charge in [-0.3, -0.25) is 19.8 Å². The van der Waals surface area contributed by atoms with Crippen LogP contribution in [0.5, 0.6) is 5.75 Å². The second-order valence-corrected chi connectivity index (χ2v) is 10.1. The SMILES string of the molecule is COSN1CCC(N(C)CCOc2ccc3c(ccc4onc(C5CCC(=O)NC5=O)c43)c2)CC1. The number of likely N-dealkylation sites (N-methyl/N-ethyl adjacent to an activating group) is 1. The van der Waals surface area contributed by atoms with Crippen LogP contribution >= 0.6 is 12.2 Å². The average Bonchev–Trinajstić information content (AvgIpc) is 3.29. The minimum atomic E-state index is -0.494. The summed E-state index contributed by atoms with van der Waals surface area (Å²) < 4.78 is 19.0. The summed E-state index contributed by atoms with van der Waals surface area (Å²) in [5.74, 6) is -0.255. The van der Waals surface area contributed by atoms with Gasteiger partial charge >= 0.3 is 0 Å².